The number of benzene rings is 10. The van der Waals surface area contributed by atoms with Gasteiger partial charge in [0, 0.05) is 23.0 Å². The predicted octanol–water partition coefficient (Wildman–Crippen LogP) is 16.4. The lowest BCUT2D eigenvalue weighted by Gasteiger charge is -2.35. The molecule has 0 N–H and O–H groups in total. The van der Waals surface area contributed by atoms with Gasteiger partial charge in [-0.25, -0.2) is 0 Å². The van der Waals surface area contributed by atoms with E-state index in [4.69, 9.17) is 0 Å². The van der Waals surface area contributed by atoms with Crippen LogP contribution < -0.4 is 4.90 Å². The molecule has 68 heavy (non-hydrogen) atoms. The highest BCUT2D eigenvalue weighted by molar-refractivity contribution is 6.06. The Labute approximate surface area is 400 Å². The molecule has 0 amide bonds. The van der Waals surface area contributed by atoms with Gasteiger partial charge < -0.3 is 4.90 Å². The van der Waals surface area contributed by atoms with Crippen molar-refractivity contribution in [3.05, 3.63) is 292 Å². The molecule has 0 heterocycles. The summed E-state index contributed by atoms with van der Waals surface area (Å²) in [7, 11) is 0. The lowest BCUT2D eigenvalue weighted by molar-refractivity contribution is 0.714. The van der Waals surface area contributed by atoms with E-state index in [9.17, 15) is 5.26 Å². The van der Waals surface area contributed by atoms with Crippen LogP contribution in [0, 0.1) is 18.3 Å². The third-order valence-corrected chi connectivity index (χ3v) is 14.8. The molecule has 324 valence electrons. The molecule has 10 aromatic rings. The first kappa shape index (κ1) is 41.2. The molecule has 0 aliphatic heterocycles. The van der Waals surface area contributed by atoms with Crippen LogP contribution >= 0.6 is 0 Å². The molecular weight excluding hydrogens is 821 g/mol. The summed E-state index contributed by atoms with van der Waals surface area (Å²) in [6.45, 7) is 2.17. The fourth-order valence-corrected chi connectivity index (χ4v) is 11.7. The molecule has 0 saturated heterocycles. The zero-order valence-electron chi connectivity index (χ0n) is 38.2. The van der Waals surface area contributed by atoms with Crippen LogP contribution in [0.5, 0.6) is 0 Å². The number of aryl methyl sites for hydroxylation is 4. The first-order chi connectivity index (χ1) is 33.6. The monoisotopic (exact) mass is 870 g/mol. The molecule has 0 spiro atoms. The maximum atomic E-state index is 9.88. The van der Waals surface area contributed by atoms with Gasteiger partial charge in [-0.3, -0.25) is 0 Å². The maximum absolute atomic E-state index is 9.88. The zero-order chi connectivity index (χ0) is 45.6. The standard InChI is InChI=1S/C66H50N2/c1-45-25-29-49(30-26-45)57(47-15-5-2-6-16-47)38-33-51-42-64-65(61-24-14-13-23-59(51)61)62-40-37-56(43-63(62)66(64,52-18-7-3-8-19-52)53-20-9-4-10-21-53)68(54-34-27-46(44-67)28-35-54)55-36-39-60-50(41-55)32-31-48-17-11-12-22-58(48)60/h2-30,34-37,39-43,57H,31-33,38H2,1H3. The first-order valence-corrected chi connectivity index (χ1v) is 24.0. The van der Waals surface area contributed by atoms with Crippen molar-refractivity contribution in [2.45, 2.75) is 43.9 Å². The third-order valence-electron chi connectivity index (χ3n) is 14.8. The van der Waals surface area contributed by atoms with E-state index < -0.39 is 5.41 Å². The Morgan fingerprint density at radius 3 is 1.75 bits per heavy atom. The van der Waals surface area contributed by atoms with Gasteiger partial charge in [0.25, 0.3) is 0 Å². The Morgan fingerprint density at radius 1 is 0.485 bits per heavy atom. The second-order valence-corrected chi connectivity index (χ2v) is 18.6. The lowest BCUT2D eigenvalue weighted by atomic mass is 9.67. The van der Waals surface area contributed by atoms with Crippen LogP contribution in [0.2, 0.25) is 0 Å². The molecule has 2 heteroatoms. The highest BCUT2D eigenvalue weighted by Crippen LogP contribution is 2.59. The zero-order valence-corrected chi connectivity index (χ0v) is 38.2. The summed E-state index contributed by atoms with van der Waals surface area (Å²) in [5.41, 5.74) is 21.5. The van der Waals surface area contributed by atoms with E-state index in [-0.39, 0.29) is 5.92 Å². The van der Waals surface area contributed by atoms with Crippen molar-refractivity contribution in [1.82, 2.24) is 0 Å². The van der Waals surface area contributed by atoms with Gasteiger partial charge >= 0.3 is 0 Å². The minimum atomic E-state index is -0.631. The van der Waals surface area contributed by atoms with Crippen molar-refractivity contribution in [2.24, 2.45) is 0 Å². The van der Waals surface area contributed by atoms with Gasteiger partial charge in [0.1, 0.15) is 0 Å². The van der Waals surface area contributed by atoms with Gasteiger partial charge in [0.2, 0.25) is 0 Å². The number of nitriles is 1. The molecule has 2 aliphatic rings. The van der Waals surface area contributed by atoms with Crippen molar-refractivity contribution < 1.29 is 0 Å². The normalized spacial score (nSPS) is 13.4. The van der Waals surface area contributed by atoms with Crippen molar-refractivity contribution in [3.63, 3.8) is 0 Å². The Kier molecular flexibility index (Phi) is 10.4. The van der Waals surface area contributed by atoms with Crippen molar-refractivity contribution in [3.8, 4) is 28.3 Å². The molecule has 10 aromatic carbocycles. The minimum Gasteiger partial charge on any atom is -0.310 e. The summed E-state index contributed by atoms with van der Waals surface area (Å²) in [5.74, 6) is 0.253. The fraction of sp³-hybridized carbons (Fsp3) is 0.106. The minimum absolute atomic E-state index is 0.253. The predicted molar refractivity (Wildman–Crippen MR) is 281 cm³/mol. The number of rotatable bonds is 10. The van der Waals surface area contributed by atoms with Crippen LogP contribution in [-0.2, 0) is 24.7 Å². The second-order valence-electron chi connectivity index (χ2n) is 18.6. The van der Waals surface area contributed by atoms with E-state index in [2.05, 4.69) is 236 Å². The topological polar surface area (TPSA) is 27.0 Å². The third kappa shape index (κ3) is 6.94. The molecule has 0 saturated carbocycles. The van der Waals surface area contributed by atoms with E-state index in [1.165, 1.54) is 88.7 Å². The van der Waals surface area contributed by atoms with Crippen LogP contribution in [0.3, 0.4) is 0 Å². The maximum Gasteiger partial charge on any atom is 0.0991 e. The first-order valence-electron chi connectivity index (χ1n) is 24.0. The van der Waals surface area contributed by atoms with Gasteiger partial charge in [0.05, 0.1) is 17.0 Å². The summed E-state index contributed by atoms with van der Waals surface area (Å²) in [6, 6.07) is 87.7. The van der Waals surface area contributed by atoms with Crippen LogP contribution in [0.1, 0.15) is 73.5 Å². The van der Waals surface area contributed by atoms with Crippen LogP contribution in [0.4, 0.5) is 17.1 Å². The highest BCUT2D eigenvalue weighted by atomic mass is 15.1. The summed E-state index contributed by atoms with van der Waals surface area (Å²) >= 11 is 0. The Bertz CT molecular complexity index is 3470. The van der Waals surface area contributed by atoms with Gasteiger partial charge in [-0.05, 0) is 164 Å². The Balaban J connectivity index is 1.07. The molecule has 0 fully saturated rings. The van der Waals surface area contributed by atoms with Crippen molar-refractivity contribution in [1.29, 1.82) is 5.26 Å². The quantitative estimate of drug-likeness (QED) is 0.137. The Morgan fingerprint density at radius 2 is 1.04 bits per heavy atom. The highest BCUT2D eigenvalue weighted by Gasteiger charge is 2.47. The molecule has 0 bridgehead atoms. The van der Waals surface area contributed by atoms with E-state index in [1.54, 1.807) is 0 Å². The number of nitrogens with zero attached hydrogens (tertiary/aromatic N) is 2. The van der Waals surface area contributed by atoms with E-state index in [0.29, 0.717) is 5.56 Å². The molecule has 2 aliphatic carbocycles. The summed E-state index contributed by atoms with van der Waals surface area (Å²) in [4.78, 5) is 2.39. The number of anilines is 3. The molecule has 1 atom stereocenters. The van der Waals surface area contributed by atoms with Crippen molar-refractivity contribution >= 4 is 27.8 Å². The van der Waals surface area contributed by atoms with Gasteiger partial charge in [-0.1, -0.05) is 188 Å². The summed E-state index contributed by atoms with van der Waals surface area (Å²) < 4.78 is 0. The van der Waals surface area contributed by atoms with E-state index in [1.807, 2.05) is 12.1 Å². The van der Waals surface area contributed by atoms with Crippen LogP contribution in [-0.4, -0.2) is 0 Å². The summed E-state index contributed by atoms with van der Waals surface area (Å²) in [6.07, 6.45) is 3.89. The van der Waals surface area contributed by atoms with Crippen LogP contribution in [0.25, 0.3) is 33.0 Å². The van der Waals surface area contributed by atoms with Gasteiger partial charge in [0.15, 0.2) is 0 Å². The number of hydrogen-bond acceptors (Lipinski definition) is 2. The SMILES string of the molecule is Cc1ccc(C(CCc2cc3c(c4ccccc24)-c2ccc(N(c4ccc(C#N)cc4)c4ccc5c(c4)CCc4ccccc4-5)cc2C3(c2ccccc2)c2ccccc2)c2ccccc2)cc1. The molecule has 0 aromatic heterocycles. The largest absolute Gasteiger partial charge is 0.310 e. The Hall–Kier alpha value is -8.25. The van der Waals surface area contributed by atoms with Gasteiger partial charge in [-0.2, -0.15) is 5.26 Å². The molecule has 2 nitrogen and oxygen atoms in total. The average molecular weight is 871 g/mol. The van der Waals surface area contributed by atoms with Crippen molar-refractivity contribution in [2.75, 3.05) is 4.90 Å². The molecule has 1 unspecified atom stereocenters. The van der Waals surface area contributed by atoms with Gasteiger partial charge in [-0.15, -0.1) is 0 Å². The van der Waals surface area contributed by atoms with E-state index in [0.717, 1.165) is 42.7 Å². The van der Waals surface area contributed by atoms with Crippen LogP contribution in [0.15, 0.2) is 231 Å². The van der Waals surface area contributed by atoms with E-state index >= 15 is 0 Å². The molecule has 12 rings (SSSR count). The summed E-state index contributed by atoms with van der Waals surface area (Å²) in [5, 5.41) is 12.5. The smallest absolute Gasteiger partial charge is 0.0991 e. The fourth-order valence-electron chi connectivity index (χ4n) is 11.7. The second kappa shape index (κ2) is 17.2. The molecule has 0 radical (unpaired) electrons. The lowest BCUT2D eigenvalue weighted by Crippen LogP contribution is -2.29. The number of hydrogen-bond donors (Lipinski definition) is 0. The molecular formula is C66H50N2. The number of fused-ring (bicyclic) bond motifs is 8. The average Bonchev–Trinajstić information content (AvgIpc) is 3.70.